The maximum Gasteiger partial charge on any atom is 0.224 e. The predicted octanol–water partition coefficient (Wildman–Crippen LogP) is 2.71. The molecule has 0 spiro atoms. The number of nitrogens with one attached hydrogen (secondary N) is 1. The van der Waals surface area contributed by atoms with Gasteiger partial charge in [-0.25, -0.2) is 0 Å². The smallest absolute Gasteiger partial charge is 0.224 e. The van der Waals surface area contributed by atoms with Gasteiger partial charge in [0.2, 0.25) is 5.95 Å². The fraction of sp³-hybridized carbons (Fsp3) is 0.857. The summed E-state index contributed by atoms with van der Waals surface area (Å²) in [6.07, 6.45) is 6.97. The van der Waals surface area contributed by atoms with Crippen LogP contribution in [-0.2, 0) is 13.0 Å². The van der Waals surface area contributed by atoms with Crippen LogP contribution >= 0.6 is 0 Å². The van der Waals surface area contributed by atoms with E-state index in [4.69, 9.17) is 0 Å². The fourth-order valence-corrected chi connectivity index (χ4v) is 3.97. The predicted molar refractivity (Wildman–Crippen MR) is 72.5 cm³/mol. The highest BCUT2D eigenvalue weighted by atomic mass is 15.3. The normalized spacial score (nSPS) is 30.0. The molecule has 2 fully saturated rings. The first kappa shape index (κ1) is 12.0. The quantitative estimate of drug-likeness (QED) is 0.871. The molecule has 0 saturated heterocycles. The maximum atomic E-state index is 4.40. The second-order valence-electron chi connectivity index (χ2n) is 5.85. The molecule has 4 heteroatoms. The van der Waals surface area contributed by atoms with Crippen LogP contribution in [0.4, 0.5) is 5.95 Å². The molecule has 1 aromatic rings. The molecule has 2 aliphatic rings. The van der Waals surface area contributed by atoms with Gasteiger partial charge in [-0.3, -0.25) is 4.57 Å². The van der Waals surface area contributed by atoms with E-state index in [-0.39, 0.29) is 0 Å². The fourth-order valence-electron chi connectivity index (χ4n) is 3.97. The van der Waals surface area contributed by atoms with Crippen molar-refractivity contribution in [3.63, 3.8) is 0 Å². The van der Waals surface area contributed by atoms with Crippen molar-refractivity contribution in [2.75, 3.05) is 11.9 Å². The van der Waals surface area contributed by atoms with Crippen LogP contribution in [0.15, 0.2) is 0 Å². The first-order valence-corrected chi connectivity index (χ1v) is 7.47. The number of fused-ring (bicyclic) bond motifs is 2. The Balaban J connectivity index is 1.72. The van der Waals surface area contributed by atoms with E-state index in [2.05, 4.69) is 33.9 Å². The lowest BCUT2D eigenvalue weighted by Crippen LogP contribution is -2.17. The van der Waals surface area contributed by atoms with Gasteiger partial charge in [-0.2, -0.15) is 0 Å². The molecule has 0 amide bonds. The summed E-state index contributed by atoms with van der Waals surface area (Å²) in [6.45, 7) is 6.15. The minimum atomic E-state index is 0.868. The highest BCUT2D eigenvalue weighted by Crippen LogP contribution is 2.49. The Morgan fingerprint density at radius 3 is 2.72 bits per heavy atom. The molecule has 3 unspecified atom stereocenters. The van der Waals surface area contributed by atoms with Crippen molar-refractivity contribution in [3.05, 3.63) is 5.82 Å². The van der Waals surface area contributed by atoms with Gasteiger partial charge >= 0.3 is 0 Å². The van der Waals surface area contributed by atoms with Crippen molar-refractivity contribution in [1.82, 2.24) is 14.8 Å². The van der Waals surface area contributed by atoms with Crippen LogP contribution in [0.25, 0.3) is 0 Å². The largest absolute Gasteiger partial charge is 0.355 e. The standard InChI is InChI=1S/C14H24N4/c1-3-15-14-17-16-13(18(14)4-2)9-12-8-10-5-6-11(12)7-10/h10-12H,3-9H2,1-2H3,(H,15,17). The van der Waals surface area contributed by atoms with Crippen molar-refractivity contribution < 1.29 is 0 Å². The van der Waals surface area contributed by atoms with E-state index in [0.717, 1.165) is 43.2 Å². The van der Waals surface area contributed by atoms with Gasteiger partial charge in [0.05, 0.1) is 0 Å². The van der Waals surface area contributed by atoms with Crippen LogP contribution in [0.2, 0.25) is 0 Å². The molecule has 0 radical (unpaired) electrons. The number of nitrogens with zero attached hydrogens (tertiary/aromatic N) is 3. The van der Waals surface area contributed by atoms with Crippen LogP contribution in [0.1, 0.15) is 45.4 Å². The molecule has 3 rings (SSSR count). The van der Waals surface area contributed by atoms with E-state index < -0.39 is 0 Å². The van der Waals surface area contributed by atoms with E-state index in [0.29, 0.717) is 0 Å². The summed E-state index contributed by atoms with van der Waals surface area (Å²) in [5.74, 6) is 4.99. The van der Waals surface area contributed by atoms with E-state index in [1.54, 1.807) is 0 Å². The summed E-state index contributed by atoms with van der Waals surface area (Å²) in [7, 11) is 0. The average molecular weight is 248 g/mol. The minimum absolute atomic E-state index is 0.868. The highest BCUT2D eigenvalue weighted by molar-refractivity contribution is 5.25. The number of anilines is 1. The Labute approximate surface area is 109 Å². The van der Waals surface area contributed by atoms with Crippen LogP contribution in [0, 0.1) is 17.8 Å². The van der Waals surface area contributed by atoms with Crippen LogP contribution in [-0.4, -0.2) is 21.3 Å². The first-order chi connectivity index (χ1) is 8.81. The maximum absolute atomic E-state index is 4.40. The van der Waals surface area contributed by atoms with Gasteiger partial charge in [-0.1, -0.05) is 6.42 Å². The third-order valence-electron chi connectivity index (χ3n) is 4.81. The van der Waals surface area contributed by atoms with Crippen molar-refractivity contribution >= 4 is 5.95 Å². The number of rotatable bonds is 5. The summed E-state index contributed by atoms with van der Waals surface area (Å²) in [5, 5.41) is 12.0. The molecule has 18 heavy (non-hydrogen) atoms. The van der Waals surface area contributed by atoms with Gasteiger partial charge in [0.25, 0.3) is 0 Å². The van der Waals surface area contributed by atoms with Gasteiger partial charge in [-0.05, 0) is 50.9 Å². The van der Waals surface area contributed by atoms with Gasteiger partial charge in [0, 0.05) is 19.5 Å². The molecule has 1 heterocycles. The second-order valence-corrected chi connectivity index (χ2v) is 5.85. The lowest BCUT2D eigenvalue weighted by Gasteiger charge is -2.21. The Hall–Kier alpha value is -1.06. The molecule has 2 aliphatic carbocycles. The first-order valence-electron chi connectivity index (χ1n) is 7.47. The Morgan fingerprint density at radius 2 is 2.11 bits per heavy atom. The van der Waals surface area contributed by atoms with Gasteiger partial charge in [0.15, 0.2) is 0 Å². The van der Waals surface area contributed by atoms with Gasteiger partial charge < -0.3 is 5.32 Å². The molecule has 3 atom stereocenters. The summed E-state index contributed by atoms with van der Waals surface area (Å²) < 4.78 is 2.25. The van der Waals surface area contributed by atoms with E-state index in [1.165, 1.54) is 31.5 Å². The van der Waals surface area contributed by atoms with Crippen molar-refractivity contribution in [3.8, 4) is 0 Å². The topological polar surface area (TPSA) is 42.7 Å². The molecule has 2 saturated carbocycles. The summed E-state index contributed by atoms with van der Waals surface area (Å²) in [4.78, 5) is 0. The molecule has 1 aromatic heterocycles. The zero-order chi connectivity index (χ0) is 12.5. The summed E-state index contributed by atoms with van der Waals surface area (Å²) in [5.41, 5.74) is 0. The molecule has 4 nitrogen and oxygen atoms in total. The van der Waals surface area contributed by atoms with Crippen LogP contribution in [0.3, 0.4) is 0 Å². The van der Waals surface area contributed by atoms with Crippen molar-refractivity contribution in [2.45, 2.75) is 52.5 Å². The molecule has 0 aliphatic heterocycles. The van der Waals surface area contributed by atoms with Crippen molar-refractivity contribution in [1.29, 1.82) is 0 Å². The zero-order valence-electron chi connectivity index (χ0n) is 11.5. The van der Waals surface area contributed by atoms with Crippen LogP contribution in [0.5, 0.6) is 0 Å². The molecular formula is C14H24N4. The molecular weight excluding hydrogens is 224 g/mol. The zero-order valence-corrected chi connectivity index (χ0v) is 11.5. The highest BCUT2D eigenvalue weighted by Gasteiger charge is 2.39. The van der Waals surface area contributed by atoms with Crippen molar-refractivity contribution in [2.24, 2.45) is 17.8 Å². The Bertz CT molecular complexity index is 412. The number of aromatic nitrogens is 3. The lowest BCUT2D eigenvalue weighted by atomic mass is 9.86. The molecule has 100 valence electrons. The number of hydrogen-bond donors (Lipinski definition) is 1. The summed E-state index contributed by atoms with van der Waals surface area (Å²) >= 11 is 0. The average Bonchev–Trinajstić information content (AvgIpc) is 3.05. The second kappa shape index (κ2) is 4.90. The van der Waals surface area contributed by atoms with Crippen LogP contribution < -0.4 is 5.32 Å². The lowest BCUT2D eigenvalue weighted by molar-refractivity contribution is 0.323. The third-order valence-corrected chi connectivity index (χ3v) is 4.81. The Morgan fingerprint density at radius 1 is 1.22 bits per heavy atom. The monoisotopic (exact) mass is 248 g/mol. The molecule has 0 aromatic carbocycles. The van der Waals surface area contributed by atoms with E-state index >= 15 is 0 Å². The SMILES string of the molecule is CCNc1nnc(CC2CC3CCC2C3)n1CC. The van der Waals surface area contributed by atoms with E-state index in [9.17, 15) is 0 Å². The summed E-state index contributed by atoms with van der Waals surface area (Å²) in [6, 6.07) is 0. The molecule has 2 bridgehead atoms. The molecule has 1 N–H and O–H groups in total. The van der Waals surface area contributed by atoms with Gasteiger partial charge in [0.1, 0.15) is 5.82 Å². The number of hydrogen-bond acceptors (Lipinski definition) is 3. The third kappa shape index (κ3) is 2.02. The van der Waals surface area contributed by atoms with E-state index in [1.807, 2.05) is 0 Å². The Kier molecular flexibility index (Phi) is 3.27. The van der Waals surface area contributed by atoms with Gasteiger partial charge in [-0.15, -0.1) is 10.2 Å². The minimum Gasteiger partial charge on any atom is -0.355 e.